The summed E-state index contributed by atoms with van der Waals surface area (Å²) in [5, 5.41) is 18.1. The van der Waals surface area contributed by atoms with Crippen molar-refractivity contribution in [3.05, 3.63) is 77.4 Å². The average molecular weight is 348 g/mol. The molecule has 1 aromatic heterocycles. The van der Waals surface area contributed by atoms with Crippen LogP contribution in [-0.4, -0.2) is 37.2 Å². The highest BCUT2D eigenvalue weighted by Crippen LogP contribution is 2.24. The van der Waals surface area contributed by atoms with E-state index >= 15 is 0 Å². The van der Waals surface area contributed by atoms with E-state index in [-0.39, 0.29) is 17.7 Å². The molecule has 4 rings (SSSR count). The predicted molar refractivity (Wildman–Crippen MR) is 96.8 cm³/mol. The van der Waals surface area contributed by atoms with Crippen molar-refractivity contribution >= 4 is 5.91 Å². The van der Waals surface area contributed by atoms with Crippen LogP contribution in [-0.2, 0) is 13.0 Å². The molecule has 1 aliphatic rings. The molecule has 6 nitrogen and oxygen atoms in total. The van der Waals surface area contributed by atoms with Crippen LogP contribution < -0.4 is 0 Å². The van der Waals surface area contributed by atoms with Crippen LogP contribution in [0.25, 0.3) is 0 Å². The summed E-state index contributed by atoms with van der Waals surface area (Å²) in [5.74, 6) is 1.83. The number of fused-ring (bicyclic) bond motifs is 1. The maximum Gasteiger partial charge on any atom is 0.254 e. The Kier molecular flexibility index (Phi) is 4.16. The summed E-state index contributed by atoms with van der Waals surface area (Å²) < 4.78 is 2.15. The first-order valence-corrected chi connectivity index (χ1v) is 8.66. The van der Waals surface area contributed by atoms with Crippen LogP contribution in [0.4, 0.5) is 0 Å². The summed E-state index contributed by atoms with van der Waals surface area (Å²) in [6.45, 7) is 3.12. The Morgan fingerprint density at radius 3 is 2.58 bits per heavy atom. The molecule has 3 aromatic rings. The van der Waals surface area contributed by atoms with Crippen molar-refractivity contribution in [2.45, 2.75) is 25.9 Å². The number of nitrogens with zero attached hydrogens (tertiary/aromatic N) is 4. The van der Waals surface area contributed by atoms with Gasteiger partial charge in [0.05, 0.1) is 12.6 Å². The Morgan fingerprint density at radius 1 is 1.12 bits per heavy atom. The molecule has 6 heteroatoms. The van der Waals surface area contributed by atoms with E-state index in [4.69, 9.17) is 0 Å². The number of benzene rings is 2. The molecule has 1 amide bonds. The van der Waals surface area contributed by atoms with E-state index in [9.17, 15) is 9.90 Å². The van der Waals surface area contributed by atoms with Crippen molar-refractivity contribution in [3.8, 4) is 5.75 Å². The third-order valence-corrected chi connectivity index (χ3v) is 4.70. The number of carbonyl (C=O) groups excluding carboxylic acids is 1. The van der Waals surface area contributed by atoms with Crippen LogP contribution in [0.3, 0.4) is 0 Å². The van der Waals surface area contributed by atoms with Crippen molar-refractivity contribution in [2.75, 3.05) is 6.54 Å². The van der Waals surface area contributed by atoms with Crippen molar-refractivity contribution < 1.29 is 9.90 Å². The third-order valence-electron chi connectivity index (χ3n) is 4.70. The number of hydrogen-bond donors (Lipinski definition) is 1. The summed E-state index contributed by atoms with van der Waals surface area (Å²) in [7, 11) is 0. The maximum atomic E-state index is 12.8. The smallest absolute Gasteiger partial charge is 0.254 e. The minimum Gasteiger partial charge on any atom is -0.508 e. The van der Waals surface area contributed by atoms with Crippen molar-refractivity contribution in [1.29, 1.82) is 0 Å². The van der Waals surface area contributed by atoms with Gasteiger partial charge in [0, 0.05) is 18.5 Å². The molecule has 1 aliphatic heterocycles. The van der Waals surface area contributed by atoms with Gasteiger partial charge in [-0.2, -0.15) is 0 Å². The van der Waals surface area contributed by atoms with E-state index in [0.717, 1.165) is 18.1 Å². The Labute approximate surface area is 151 Å². The second kappa shape index (κ2) is 6.63. The summed E-state index contributed by atoms with van der Waals surface area (Å²) in [4.78, 5) is 14.5. The van der Waals surface area contributed by atoms with Gasteiger partial charge in [0.2, 0.25) is 0 Å². The van der Waals surface area contributed by atoms with Gasteiger partial charge >= 0.3 is 0 Å². The number of rotatable bonds is 3. The SMILES string of the molecule is C[C@H]1CN(C(=O)c2ccc(O)cc2)Cc2nnc(Cc3ccccc3)n21. The monoisotopic (exact) mass is 348 g/mol. The Hall–Kier alpha value is -3.15. The Bertz CT molecular complexity index is 919. The molecular formula is C20H20N4O2. The quantitative estimate of drug-likeness (QED) is 0.790. The van der Waals surface area contributed by atoms with E-state index in [1.807, 2.05) is 18.2 Å². The fourth-order valence-electron chi connectivity index (χ4n) is 3.45. The van der Waals surface area contributed by atoms with Crippen LogP contribution in [0.1, 0.15) is 40.5 Å². The molecule has 0 unspecified atom stereocenters. The number of amides is 1. The fraction of sp³-hybridized carbons (Fsp3) is 0.250. The molecule has 0 saturated carbocycles. The van der Waals surface area contributed by atoms with Crippen LogP contribution in [0.15, 0.2) is 54.6 Å². The molecule has 1 N–H and O–H groups in total. The number of aromatic hydroxyl groups is 1. The molecule has 2 heterocycles. The molecule has 0 fully saturated rings. The van der Waals surface area contributed by atoms with Gasteiger partial charge in [0.1, 0.15) is 11.6 Å². The minimum absolute atomic E-state index is 0.0595. The Balaban J connectivity index is 1.56. The molecule has 132 valence electrons. The molecule has 0 saturated heterocycles. The summed E-state index contributed by atoms with van der Waals surface area (Å²) >= 11 is 0. The lowest BCUT2D eigenvalue weighted by atomic mass is 10.1. The highest BCUT2D eigenvalue weighted by molar-refractivity contribution is 5.94. The lowest BCUT2D eigenvalue weighted by Gasteiger charge is -2.32. The molecular weight excluding hydrogens is 328 g/mol. The van der Waals surface area contributed by atoms with Crippen LogP contribution in [0.2, 0.25) is 0 Å². The number of hydrogen-bond acceptors (Lipinski definition) is 4. The fourth-order valence-corrected chi connectivity index (χ4v) is 3.45. The highest BCUT2D eigenvalue weighted by atomic mass is 16.3. The molecule has 26 heavy (non-hydrogen) atoms. The van der Waals surface area contributed by atoms with E-state index < -0.39 is 0 Å². The normalized spacial score (nSPS) is 16.3. The lowest BCUT2D eigenvalue weighted by Crippen LogP contribution is -2.40. The number of carbonyl (C=O) groups is 1. The zero-order valence-electron chi connectivity index (χ0n) is 14.5. The first kappa shape index (κ1) is 16.3. The summed E-state index contributed by atoms with van der Waals surface area (Å²) in [6.07, 6.45) is 0.726. The van der Waals surface area contributed by atoms with Gasteiger partial charge in [-0.05, 0) is 36.8 Å². The van der Waals surface area contributed by atoms with Crippen LogP contribution >= 0.6 is 0 Å². The zero-order valence-corrected chi connectivity index (χ0v) is 14.5. The van der Waals surface area contributed by atoms with Gasteiger partial charge < -0.3 is 14.6 Å². The standard InChI is InChI=1S/C20H20N4O2/c1-14-12-23(20(26)16-7-9-17(25)10-8-16)13-19-22-21-18(24(14)19)11-15-5-3-2-4-6-15/h2-10,14,25H,11-13H2,1H3/t14-/m0/s1. The van der Waals surface area contributed by atoms with Gasteiger partial charge in [-0.25, -0.2) is 0 Å². The maximum absolute atomic E-state index is 12.8. The second-order valence-corrected chi connectivity index (χ2v) is 6.65. The second-order valence-electron chi connectivity index (χ2n) is 6.65. The summed E-state index contributed by atoms with van der Waals surface area (Å²) in [5.41, 5.74) is 1.75. The van der Waals surface area contributed by atoms with E-state index in [2.05, 4.69) is 33.8 Å². The third kappa shape index (κ3) is 3.06. The van der Waals surface area contributed by atoms with E-state index in [0.29, 0.717) is 18.7 Å². The van der Waals surface area contributed by atoms with Crippen LogP contribution in [0.5, 0.6) is 5.75 Å². The Morgan fingerprint density at radius 2 is 1.85 bits per heavy atom. The van der Waals surface area contributed by atoms with Gasteiger partial charge in [-0.15, -0.1) is 10.2 Å². The first-order valence-electron chi connectivity index (χ1n) is 8.66. The van der Waals surface area contributed by atoms with Gasteiger partial charge in [-0.3, -0.25) is 4.79 Å². The topological polar surface area (TPSA) is 71.2 Å². The van der Waals surface area contributed by atoms with Crippen molar-refractivity contribution in [2.24, 2.45) is 0 Å². The predicted octanol–water partition coefficient (Wildman–Crippen LogP) is 2.79. The molecule has 0 spiro atoms. The average Bonchev–Trinajstić information content (AvgIpc) is 3.06. The molecule has 2 aromatic carbocycles. The first-order chi connectivity index (χ1) is 12.6. The summed E-state index contributed by atoms with van der Waals surface area (Å²) in [6, 6.07) is 16.6. The molecule has 0 bridgehead atoms. The highest BCUT2D eigenvalue weighted by Gasteiger charge is 2.29. The number of phenols is 1. The largest absolute Gasteiger partial charge is 0.508 e. The van der Waals surface area contributed by atoms with Crippen molar-refractivity contribution in [1.82, 2.24) is 19.7 Å². The lowest BCUT2D eigenvalue weighted by molar-refractivity contribution is 0.0680. The minimum atomic E-state index is -0.0595. The molecule has 0 aliphatic carbocycles. The number of phenolic OH excluding ortho intramolecular Hbond substituents is 1. The molecule has 1 atom stereocenters. The van der Waals surface area contributed by atoms with Crippen molar-refractivity contribution in [3.63, 3.8) is 0 Å². The van der Waals surface area contributed by atoms with Crippen LogP contribution in [0, 0.1) is 0 Å². The van der Waals surface area contributed by atoms with Gasteiger partial charge in [-0.1, -0.05) is 30.3 Å². The zero-order chi connectivity index (χ0) is 18.1. The van der Waals surface area contributed by atoms with E-state index in [1.54, 1.807) is 17.0 Å². The molecule has 0 radical (unpaired) electrons. The van der Waals surface area contributed by atoms with Gasteiger partial charge in [0.25, 0.3) is 5.91 Å². The van der Waals surface area contributed by atoms with Gasteiger partial charge in [0.15, 0.2) is 5.82 Å². The van der Waals surface area contributed by atoms with E-state index in [1.165, 1.54) is 17.7 Å². The number of aromatic nitrogens is 3.